The highest BCUT2D eigenvalue weighted by Crippen LogP contribution is 2.17. The van der Waals surface area contributed by atoms with Crippen LogP contribution in [0.2, 0.25) is 0 Å². The van der Waals surface area contributed by atoms with Crippen LogP contribution in [0.25, 0.3) is 16.8 Å². The Kier molecular flexibility index (Phi) is 3.46. The molecule has 0 atom stereocenters. The number of para-hydroxylation sites is 2. The van der Waals surface area contributed by atoms with Crippen molar-refractivity contribution in [3.05, 3.63) is 76.2 Å². The number of carbonyl (C=O) groups excluding carboxylic acids is 1. The van der Waals surface area contributed by atoms with Crippen LogP contribution in [0, 0.1) is 0 Å². The van der Waals surface area contributed by atoms with E-state index < -0.39 is 17.2 Å². The van der Waals surface area contributed by atoms with Crippen molar-refractivity contribution in [1.29, 1.82) is 0 Å². The minimum atomic E-state index is -0.688. The van der Waals surface area contributed by atoms with Gasteiger partial charge in [0.2, 0.25) is 11.5 Å². The first kappa shape index (κ1) is 14.9. The highest BCUT2D eigenvalue weighted by molar-refractivity contribution is 5.95. The lowest BCUT2D eigenvalue weighted by Crippen LogP contribution is -2.27. The molecule has 2 aromatic carbocycles. The van der Waals surface area contributed by atoms with Gasteiger partial charge in [-0.2, -0.15) is 0 Å². The second-order valence-electron chi connectivity index (χ2n) is 5.58. The number of aromatic nitrogens is 3. The second kappa shape index (κ2) is 5.79. The molecule has 0 aliphatic heterocycles. The van der Waals surface area contributed by atoms with Gasteiger partial charge in [0.1, 0.15) is 0 Å². The molecule has 25 heavy (non-hydrogen) atoms. The van der Waals surface area contributed by atoms with E-state index in [-0.39, 0.29) is 18.0 Å². The van der Waals surface area contributed by atoms with E-state index in [2.05, 4.69) is 15.3 Å². The zero-order valence-corrected chi connectivity index (χ0v) is 13.1. The fraction of sp³-hybridized carbons (Fsp3) is 0.0556. The molecular formula is C18H14N4O3. The Hall–Kier alpha value is -3.61. The summed E-state index contributed by atoms with van der Waals surface area (Å²) in [4.78, 5) is 31.9. The van der Waals surface area contributed by atoms with Gasteiger partial charge >= 0.3 is 5.56 Å². The number of hydrogen-bond donors (Lipinski definition) is 3. The molecule has 4 rings (SSSR count). The second-order valence-corrected chi connectivity index (χ2v) is 5.58. The van der Waals surface area contributed by atoms with Gasteiger partial charge in [-0.05, 0) is 17.7 Å². The van der Waals surface area contributed by atoms with Gasteiger partial charge in [0.25, 0.3) is 5.91 Å². The first-order valence-electron chi connectivity index (χ1n) is 7.70. The van der Waals surface area contributed by atoms with E-state index in [1.165, 1.54) is 4.40 Å². The summed E-state index contributed by atoms with van der Waals surface area (Å²) < 4.78 is 1.25. The van der Waals surface area contributed by atoms with Crippen molar-refractivity contribution < 1.29 is 9.90 Å². The van der Waals surface area contributed by atoms with Crippen molar-refractivity contribution in [1.82, 2.24) is 19.7 Å². The molecule has 0 unspecified atom stereocenters. The van der Waals surface area contributed by atoms with Crippen LogP contribution in [-0.2, 0) is 6.54 Å². The Morgan fingerprint density at radius 2 is 1.84 bits per heavy atom. The Morgan fingerprint density at radius 3 is 2.64 bits per heavy atom. The zero-order chi connectivity index (χ0) is 17.4. The van der Waals surface area contributed by atoms with Crippen LogP contribution < -0.4 is 10.9 Å². The lowest BCUT2D eigenvalue weighted by Gasteiger charge is -2.06. The number of aromatic hydroxyl groups is 1. The molecular weight excluding hydrogens is 320 g/mol. The van der Waals surface area contributed by atoms with Gasteiger partial charge in [0.05, 0.1) is 11.0 Å². The number of fused-ring (bicyclic) bond motifs is 3. The van der Waals surface area contributed by atoms with E-state index >= 15 is 0 Å². The largest absolute Gasteiger partial charge is 0.501 e. The monoisotopic (exact) mass is 334 g/mol. The maximum Gasteiger partial charge on any atom is 0.302 e. The minimum absolute atomic E-state index is 0.203. The maximum absolute atomic E-state index is 12.5. The average molecular weight is 334 g/mol. The molecule has 2 heterocycles. The van der Waals surface area contributed by atoms with E-state index in [0.717, 1.165) is 5.56 Å². The highest BCUT2D eigenvalue weighted by Gasteiger charge is 2.20. The van der Waals surface area contributed by atoms with Gasteiger partial charge < -0.3 is 15.4 Å². The zero-order valence-electron chi connectivity index (χ0n) is 13.1. The first-order chi connectivity index (χ1) is 12.1. The summed E-state index contributed by atoms with van der Waals surface area (Å²) in [5, 5.41) is 12.8. The van der Waals surface area contributed by atoms with Crippen LogP contribution in [-0.4, -0.2) is 25.4 Å². The maximum atomic E-state index is 12.5. The Balaban J connectivity index is 1.74. The van der Waals surface area contributed by atoms with Crippen LogP contribution in [0.1, 0.15) is 16.1 Å². The molecule has 0 aliphatic rings. The first-order valence-corrected chi connectivity index (χ1v) is 7.70. The SMILES string of the molecule is O=C(NCc1ccccc1)c1nc2[nH]c3ccccc3n2c(=O)c1O. The van der Waals surface area contributed by atoms with Gasteiger partial charge in [-0.3, -0.25) is 9.59 Å². The molecule has 1 amide bonds. The average Bonchev–Trinajstić information content (AvgIpc) is 3.02. The Bertz CT molecular complexity index is 1150. The quantitative estimate of drug-likeness (QED) is 0.532. The third kappa shape index (κ3) is 2.51. The van der Waals surface area contributed by atoms with E-state index in [0.29, 0.717) is 11.0 Å². The predicted molar refractivity (Wildman–Crippen MR) is 92.6 cm³/mol. The summed E-state index contributed by atoms with van der Waals surface area (Å²) in [5.74, 6) is -1.08. The van der Waals surface area contributed by atoms with Crippen LogP contribution in [0.15, 0.2) is 59.4 Å². The summed E-state index contributed by atoms with van der Waals surface area (Å²) in [6, 6.07) is 16.4. The van der Waals surface area contributed by atoms with Gasteiger partial charge in [-0.15, -0.1) is 0 Å². The fourth-order valence-corrected chi connectivity index (χ4v) is 2.73. The third-order valence-electron chi connectivity index (χ3n) is 3.96. The fourth-order valence-electron chi connectivity index (χ4n) is 2.73. The molecule has 4 aromatic rings. The van der Waals surface area contributed by atoms with Crippen molar-refractivity contribution in [3.63, 3.8) is 0 Å². The van der Waals surface area contributed by atoms with E-state index in [1.807, 2.05) is 36.4 Å². The van der Waals surface area contributed by atoms with Crippen molar-refractivity contribution in [3.8, 4) is 5.75 Å². The molecule has 0 fully saturated rings. The molecule has 7 heteroatoms. The number of nitrogens with one attached hydrogen (secondary N) is 2. The molecule has 0 bridgehead atoms. The summed E-state index contributed by atoms with van der Waals surface area (Å²) in [6.07, 6.45) is 0. The molecule has 0 radical (unpaired) electrons. The van der Waals surface area contributed by atoms with Crippen LogP contribution in [0.5, 0.6) is 5.75 Å². The van der Waals surface area contributed by atoms with E-state index in [9.17, 15) is 14.7 Å². The van der Waals surface area contributed by atoms with Crippen LogP contribution in [0.3, 0.4) is 0 Å². The summed E-state index contributed by atoms with van der Waals surface area (Å²) in [7, 11) is 0. The van der Waals surface area contributed by atoms with Crippen molar-refractivity contribution in [2.75, 3.05) is 0 Å². The standard InChI is InChI=1S/C18H14N4O3/c23-15-14(16(24)19-10-11-6-2-1-3-7-11)21-18-20-12-8-4-5-9-13(12)22(18)17(15)25/h1-9,23H,10H2,(H,19,24)(H,20,21). The van der Waals surface area contributed by atoms with Gasteiger partial charge in [-0.25, -0.2) is 9.38 Å². The van der Waals surface area contributed by atoms with Gasteiger partial charge in [0.15, 0.2) is 5.69 Å². The smallest absolute Gasteiger partial charge is 0.302 e. The molecule has 2 aromatic heterocycles. The molecule has 0 saturated carbocycles. The van der Waals surface area contributed by atoms with Crippen molar-refractivity contribution in [2.24, 2.45) is 0 Å². The minimum Gasteiger partial charge on any atom is -0.501 e. The van der Waals surface area contributed by atoms with E-state index in [1.54, 1.807) is 18.2 Å². The van der Waals surface area contributed by atoms with Gasteiger partial charge in [0, 0.05) is 6.54 Å². The Labute approximate surface area is 141 Å². The number of imidazole rings is 1. The van der Waals surface area contributed by atoms with Gasteiger partial charge in [-0.1, -0.05) is 42.5 Å². The molecule has 124 valence electrons. The summed E-state index contributed by atoms with van der Waals surface area (Å²) in [5.41, 5.74) is 1.19. The highest BCUT2D eigenvalue weighted by atomic mass is 16.3. The normalized spacial score (nSPS) is 11.0. The molecule has 0 spiro atoms. The van der Waals surface area contributed by atoms with E-state index in [4.69, 9.17) is 0 Å². The number of nitrogens with zero attached hydrogens (tertiary/aromatic N) is 2. The number of H-pyrrole nitrogens is 1. The van der Waals surface area contributed by atoms with Crippen molar-refractivity contribution >= 4 is 22.7 Å². The number of amides is 1. The molecule has 7 nitrogen and oxygen atoms in total. The summed E-state index contributed by atoms with van der Waals surface area (Å²) >= 11 is 0. The predicted octanol–water partition coefficient (Wildman–Crippen LogP) is 1.81. The lowest BCUT2D eigenvalue weighted by atomic mass is 10.2. The number of hydrogen-bond acceptors (Lipinski definition) is 4. The summed E-state index contributed by atoms with van der Waals surface area (Å²) in [6.45, 7) is 0.271. The lowest BCUT2D eigenvalue weighted by molar-refractivity contribution is 0.0942. The number of carbonyl (C=O) groups is 1. The van der Waals surface area contributed by atoms with Crippen LogP contribution >= 0.6 is 0 Å². The third-order valence-corrected chi connectivity index (χ3v) is 3.96. The van der Waals surface area contributed by atoms with Crippen LogP contribution in [0.4, 0.5) is 0 Å². The topological polar surface area (TPSA) is 99.5 Å². The number of benzene rings is 2. The number of aromatic amines is 1. The molecule has 3 N–H and O–H groups in total. The molecule has 0 saturated heterocycles. The van der Waals surface area contributed by atoms with Crippen molar-refractivity contribution in [2.45, 2.75) is 6.54 Å². The molecule has 0 aliphatic carbocycles. The Morgan fingerprint density at radius 1 is 1.12 bits per heavy atom. The number of rotatable bonds is 3.